The Morgan fingerprint density at radius 2 is 1.83 bits per heavy atom. The molecular weight excluding hydrogens is 380 g/mol. The molecule has 1 amide bonds. The highest BCUT2D eigenvalue weighted by atomic mass is 16.5. The Hall–Kier alpha value is -2.08. The van der Waals surface area contributed by atoms with Gasteiger partial charge in [-0.3, -0.25) is 9.59 Å². The number of piperidine rings is 1. The number of ether oxygens (including phenoxy) is 2. The van der Waals surface area contributed by atoms with Gasteiger partial charge < -0.3 is 19.7 Å². The summed E-state index contributed by atoms with van der Waals surface area (Å²) in [6.07, 6.45) is 4.55. The first-order chi connectivity index (χ1) is 14.4. The molecule has 1 fully saturated rings. The predicted molar refractivity (Wildman–Crippen MR) is 119 cm³/mol. The standard InChI is InChI=1S/C24H38N2O4/c1-18-14-19(2)17-26(16-18)12-6-5-11-25-24(28)8-7-13-30-22-10-9-21(20(3)27)15-23(22)29-4/h9-10,15,18-19H,5-8,11-14,16-17H2,1-4H3,(H,25,28). The average molecular weight is 419 g/mol. The normalized spacial score (nSPS) is 19.3. The Bertz CT molecular complexity index is 682. The molecule has 1 aromatic carbocycles. The van der Waals surface area contributed by atoms with Gasteiger partial charge in [0.05, 0.1) is 13.7 Å². The molecule has 6 heteroatoms. The lowest BCUT2D eigenvalue weighted by molar-refractivity contribution is -0.121. The Balaban J connectivity index is 1.56. The van der Waals surface area contributed by atoms with Crippen LogP contribution in [-0.4, -0.2) is 56.5 Å². The van der Waals surface area contributed by atoms with Crippen LogP contribution in [0.5, 0.6) is 11.5 Å². The zero-order chi connectivity index (χ0) is 21.9. The third-order valence-electron chi connectivity index (χ3n) is 5.54. The maximum Gasteiger partial charge on any atom is 0.220 e. The van der Waals surface area contributed by atoms with Gasteiger partial charge in [-0.2, -0.15) is 0 Å². The van der Waals surface area contributed by atoms with E-state index in [9.17, 15) is 9.59 Å². The minimum atomic E-state index is -0.0171. The SMILES string of the molecule is COc1cc(C(C)=O)ccc1OCCCC(=O)NCCCCN1CC(C)CC(C)C1. The molecule has 6 nitrogen and oxygen atoms in total. The summed E-state index contributed by atoms with van der Waals surface area (Å²) >= 11 is 0. The Morgan fingerprint density at radius 1 is 1.10 bits per heavy atom. The molecule has 30 heavy (non-hydrogen) atoms. The maximum absolute atomic E-state index is 12.0. The second-order valence-electron chi connectivity index (χ2n) is 8.64. The van der Waals surface area contributed by atoms with E-state index in [1.165, 1.54) is 26.4 Å². The van der Waals surface area contributed by atoms with E-state index in [2.05, 4.69) is 24.1 Å². The van der Waals surface area contributed by atoms with E-state index in [0.717, 1.165) is 37.8 Å². The molecule has 1 aliphatic rings. The van der Waals surface area contributed by atoms with Crippen molar-refractivity contribution < 1.29 is 19.1 Å². The van der Waals surface area contributed by atoms with Gasteiger partial charge in [0.1, 0.15) is 0 Å². The number of hydrogen-bond donors (Lipinski definition) is 1. The van der Waals surface area contributed by atoms with Crippen LogP contribution in [0.4, 0.5) is 0 Å². The van der Waals surface area contributed by atoms with E-state index in [-0.39, 0.29) is 11.7 Å². The minimum Gasteiger partial charge on any atom is -0.493 e. The number of ketones is 1. The van der Waals surface area contributed by atoms with E-state index < -0.39 is 0 Å². The maximum atomic E-state index is 12.0. The number of methoxy groups -OCH3 is 1. The number of Topliss-reactive ketones (excluding diaryl/α,β-unsaturated/α-hetero) is 1. The lowest BCUT2D eigenvalue weighted by Gasteiger charge is -2.34. The highest BCUT2D eigenvalue weighted by Gasteiger charge is 2.20. The number of unbranched alkanes of at least 4 members (excludes halogenated alkanes) is 1. The van der Waals surface area contributed by atoms with Crippen LogP contribution in [0.15, 0.2) is 18.2 Å². The first kappa shape index (κ1) is 24.2. The van der Waals surface area contributed by atoms with Crippen LogP contribution >= 0.6 is 0 Å². The van der Waals surface area contributed by atoms with E-state index >= 15 is 0 Å². The van der Waals surface area contributed by atoms with Crippen molar-refractivity contribution in [2.24, 2.45) is 11.8 Å². The Morgan fingerprint density at radius 3 is 2.50 bits per heavy atom. The first-order valence-electron chi connectivity index (χ1n) is 11.2. The number of hydrogen-bond acceptors (Lipinski definition) is 5. The third-order valence-corrected chi connectivity index (χ3v) is 5.54. The summed E-state index contributed by atoms with van der Waals surface area (Å²) in [6, 6.07) is 5.13. The van der Waals surface area contributed by atoms with Crippen LogP contribution in [0.3, 0.4) is 0 Å². The third kappa shape index (κ3) is 8.34. The van der Waals surface area contributed by atoms with Gasteiger partial charge in [-0.1, -0.05) is 13.8 Å². The van der Waals surface area contributed by atoms with Crippen LogP contribution in [0.25, 0.3) is 0 Å². The molecule has 0 saturated carbocycles. The zero-order valence-corrected chi connectivity index (χ0v) is 19.0. The van der Waals surface area contributed by atoms with Gasteiger partial charge in [-0.25, -0.2) is 0 Å². The molecule has 1 saturated heterocycles. The van der Waals surface area contributed by atoms with Crippen molar-refractivity contribution in [3.05, 3.63) is 23.8 Å². The molecule has 1 N–H and O–H groups in total. The van der Waals surface area contributed by atoms with Crippen molar-refractivity contribution >= 4 is 11.7 Å². The number of carbonyl (C=O) groups is 2. The van der Waals surface area contributed by atoms with E-state index in [1.54, 1.807) is 25.3 Å². The molecule has 2 atom stereocenters. The predicted octanol–water partition coefficient (Wildman–Crippen LogP) is 3.93. The number of likely N-dealkylation sites (tertiary alicyclic amines) is 1. The van der Waals surface area contributed by atoms with Gasteiger partial charge in [-0.05, 0) is 69.2 Å². The topological polar surface area (TPSA) is 67.9 Å². The highest BCUT2D eigenvalue weighted by Crippen LogP contribution is 2.28. The number of carbonyl (C=O) groups excluding carboxylic acids is 2. The summed E-state index contributed by atoms with van der Waals surface area (Å²) < 4.78 is 11.0. The minimum absolute atomic E-state index is 0.0171. The second kappa shape index (κ2) is 12.6. The number of rotatable bonds is 12. The second-order valence-corrected chi connectivity index (χ2v) is 8.64. The zero-order valence-electron chi connectivity index (χ0n) is 19.0. The molecule has 1 heterocycles. The summed E-state index contributed by atoms with van der Waals surface area (Å²) in [4.78, 5) is 26.0. The van der Waals surface area contributed by atoms with Crippen molar-refractivity contribution in [1.82, 2.24) is 10.2 Å². The van der Waals surface area contributed by atoms with Gasteiger partial charge in [0, 0.05) is 31.6 Å². The van der Waals surface area contributed by atoms with E-state index in [4.69, 9.17) is 9.47 Å². The van der Waals surface area contributed by atoms with Crippen molar-refractivity contribution in [3.8, 4) is 11.5 Å². The summed E-state index contributed by atoms with van der Waals surface area (Å²) in [6.45, 7) is 10.9. The quantitative estimate of drug-likeness (QED) is 0.411. The van der Waals surface area contributed by atoms with Gasteiger partial charge in [0.25, 0.3) is 0 Å². The number of benzene rings is 1. The monoisotopic (exact) mass is 418 g/mol. The summed E-state index contributed by atoms with van der Waals surface area (Å²) in [5.41, 5.74) is 0.586. The number of nitrogens with zero attached hydrogens (tertiary/aromatic N) is 1. The molecule has 1 aliphatic heterocycles. The highest BCUT2D eigenvalue weighted by molar-refractivity contribution is 5.94. The van der Waals surface area contributed by atoms with Crippen LogP contribution in [0.1, 0.15) is 63.2 Å². The van der Waals surface area contributed by atoms with Crippen LogP contribution in [-0.2, 0) is 4.79 Å². The van der Waals surface area contributed by atoms with Crippen LogP contribution in [0, 0.1) is 11.8 Å². The largest absolute Gasteiger partial charge is 0.493 e. The van der Waals surface area contributed by atoms with Crippen LogP contribution < -0.4 is 14.8 Å². The molecule has 0 spiro atoms. The molecule has 2 rings (SSSR count). The van der Waals surface area contributed by atoms with Crippen LogP contribution in [0.2, 0.25) is 0 Å². The lowest BCUT2D eigenvalue weighted by Crippen LogP contribution is -2.39. The average Bonchev–Trinajstić information content (AvgIpc) is 2.70. The van der Waals surface area contributed by atoms with E-state index in [1.807, 2.05) is 0 Å². The van der Waals surface area contributed by atoms with Gasteiger partial charge in [-0.15, -0.1) is 0 Å². The van der Waals surface area contributed by atoms with Gasteiger partial charge in [0.15, 0.2) is 17.3 Å². The first-order valence-corrected chi connectivity index (χ1v) is 11.2. The molecule has 2 unspecified atom stereocenters. The molecule has 0 bridgehead atoms. The summed E-state index contributed by atoms with van der Waals surface area (Å²) in [5.74, 6) is 2.76. The Kier molecular flexibility index (Phi) is 10.1. The fraction of sp³-hybridized carbons (Fsp3) is 0.667. The van der Waals surface area contributed by atoms with Crippen molar-refractivity contribution in [1.29, 1.82) is 0 Å². The molecule has 1 aromatic rings. The molecular formula is C24H38N2O4. The van der Waals surface area contributed by atoms with Gasteiger partial charge in [0.2, 0.25) is 5.91 Å². The smallest absolute Gasteiger partial charge is 0.220 e. The number of amides is 1. The lowest BCUT2D eigenvalue weighted by atomic mass is 9.92. The van der Waals surface area contributed by atoms with Crippen molar-refractivity contribution in [2.75, 3.05) is 39.9 Å². The molecule has 0 aromatic heterocycles. The summed E-state index contributed by atoms with van der Waals surface area (Å²) in [5, 5.41) is 3.00. The molecule has 168 valence electrons. The molecule has 0 aliphatic carbocycles. The van der Waals surface area contributed by atoms with E-state index in [0.29, 0.717) is 36.5 Å². The van der Waals surface area contributed by atoms with Gasteiger partial charge >= 0.3 is 0 Å². The number of nitrogens with one attached hydrogen (secondary N) is 1. The Labute approximate surface area is 181 Å². The van der Waals surface area contributed by atoms with Crippen molar-refractivity contribution in [2.45, 2.75) is 52.9 Å². The fourth-order valence-corrected chi connectivity index (χ4v) is 4.17. The van der Waals surface area contributed by atoms with Crippen molar-refractivity contribution in [3.63, 3.8) is 0 Å². The molecule has 0 radical (unpaired) electrons. The fourth-order valence-electron chi connectivity index (χ4n) is 4.17. The summed E-state index contributed by atoms with van der Waals surface area (Å²) in [7, 11) is 1.55.